The molecule has 1 unspecified atom stereocenters. The average Bonchev–Trinajstić information content (AvgIpc) is 2.46. The molecule has 0 aliphatic carbocycles. The smallest absolute Gasteiger partial charge is 0.410 e. The van der Waals surface area contributed by atoms with E-state index in [-0.39, 0.29) is 17.6 Å². The monoisotopic (exact) mass is 305 g/mol. The number of amides is 1. The van der Waals surface area contributed by atoms with E-state index in [9.17, 15) is 9.59 Å². The van der Waals surface area contributed by atoms with E-state index in [0.717, 1.165) is 18.4 Å². The maximum Gasteiger partial charge on any atom is 0.410 e. The third kappa shape index (κ3) is 4.23. The number of ether oxygens (including phenoxy) is 1. The Morgan fingerprint density at radius 1 is 1.23 bits per heavy atom. The van der Waals surface area contributed by atoms with Gasteiger partial charge in [-0.25, -0.2) is 9.59 Å². The number of hydrogen-bond donors (Lipinski definition) is 1. The summed E-state index contributed by atoms with van der Waals surface area (Å²) in [5.41, 5.74) is 0.856. The van der Waals surface area contributed by atoms with Gasteiger partial charge in [0.05, 0.1) is 5.56 Å². The highest BCUT2D eigenvalue weighted by Gasteiger charge is 2.28. The second-order valence-electron chi connectivity index (χ2n) is 6.69. The average molecular weight is 305 g/mol. The van der Waals surface area contributed by atoms with Gasteiger partial charge in [-0.15, -0.1) is 0 Å². The van der Waals surface area contributed by atoms with Crippen LogP contribution >= 0.6 is 0 Å². The summed E-state index contributed by atoms with van der Waals surface area (Å²) in [4.78, 5) is 24.8. The van der Waals surface area contributed by atoms with Crippen molar-refractivity contribution in [1.82, 2.24) is 4.90 Å². The van der Waals surface area contributed by atoms with Gasteiger partial charge in [-0.2, -0.15) is 0 Å². The number of carboxylic acid groups (broad SMARTS) is 1. The van der Waals surface area contributed by atoms with Crippen molar-refractivity contribution in [2.45, 2.75) is 45.1 Å². The van der Waals surface area contributed by atoms with Crippen LogP contribution in [-0.2, 0) is 4.74 Å². The number of rotatable bonds is 2. The Balaban J connectivity index is 2.04. The van der Waals surface area contributed by atoms with Crippen LogP contribution in [0.2, 0.25) is 0 Å². The van der Waals surface area contributed by atoms with Crippen LogP contribution in [-0.4, -0.2) is 40.8 Å². The van der Waals surface area contributed by atoms with Gasteiger partial charge in [0.15, 0.2) is 0 Å². The fourth-order valence-corrected chi connectivity index (χ4v) is 2.64. The first kappa shape index (κ1) is 16.3. The number of aromatic carboxylic acids is 1. The van der Waals surface area contributed by atoms with E-state index < -0.39 is 11.6 Å². The lowest BCUT2D eigenvalue weighted by atomic mass is 9.90. The largest absolute Gasteiger partial charge is 0.478 e. The molecule has 22 heavy (non-hydrogen) atoms. The lowest BCUT2D eigenvalue weighted by Gasteiger charge is -2.34. The van der Waals surface area contributed by atoms with Gasteiger partial charge in [-0.3, -0.25) is 0 Å². The highest BCUT2D eigenvalue weighted by atomic mass is 16.6. The summed E-state index contributed by atoms with van der Waals surface area (Å²) in [6.45, 7) is 6.89. The number of piperidine rings is 1. The van der Waals surface area contributed by atoms with Gasteiger partial charge in [-0.1, -0.05) is 12.1 Å². The zero-order valence-electron chi connectivity index (χ0n) is 13.3. The number of hydrogen-bond acceptors (Lipinski definition) is 3. The van der Waals surface area contributed by atoms with Crippen molar-refractivity contribution in [2.24, 2.45) is 0 Å². The van der Waals surface area contributed by atoms with Crippen molar-refractivity contribution in [2.75, 3.05) is 13.1 Å². The number of nitrogens with zero attached hydrogens (tertiary/aromatic N) is 1. The maximum absolute atomic E-state index is 12.2. The van der Waals surface area contributed by atoms with Gasteiger partial charge in [-0.05, 0) is 51.3 Å². The molecule has 1 N–H and O–H groups in total. The summed E-state index contributed by atoms with van der Waals surface area (Å²) in [7, 11) is 0. The fourth-order valence-electron chi connectivity index (χ4n) is 2.64. The van der Waals surface area contributed by atoms with Gasteiger partial charge in [0.1, 0.15) is 5.60 Å². The van der Waals surface area contributed by atoms with Gasteiger partial charge in [0, 0.05) is 19.0 Å². The Hall–Kier alpha value is -2.04. The molecule has 0 bridgehead atoms. The molecule has 1 aliphatic rings. The molecule has 0 saturated carbocycles. The molecule has 5 nitrogen and oxygen atoms in total. The molecule has 120 valence electrons. The van der Waals surface area contributed by atoms with Crippen LogP contribution in [0, 0.1) is 0 Å². The predicted molar refractivity (Wildman–Crippen MR) is 83.2 cm³/mol. The van der Waals surface area contributed by atoms with Crippen molar-refractivity contribution in [3.05, 3.63) is 35.4 Å². The first-order valence-corrected chi connectivity index (χ1v) is 7.57. The Bertz CT molecular complexity index is 545. The SMILES string of the molecule is CC(C)(C)OC(=O)N1CCCC(c2ccc(C(=O)O)cc2)C1. The van der Waals surface area contributed by atoms with Crippen molar-refractivity contribution in [3.63, 3.8) is 0 Å². The van der Waals surface area contributed by atoms with E-state index in [1.54, 1.807) is 17.0 Å². The van der Waals surface area contributed by atoms with E-state index in [1.807, 2.05) is 32.9 Å². The summed E-state index contributed by atoms with van der Waals surface area (Å²) < 4.78 is 5.42. The summed E-state index contributed by atoms with van der Waals surface area (Å²) in [5, 5.41) is 8.94. The van der Waals surface area contributed by atoms with Gasteiger partial charge < -0.3 is 14.7 Å². The summed E-state index contributed by atoms with van der Waals surface area (Å²) >= 11 is 0. The number of carbonyl (C=O) groups excluding carboxylic acids is 1. The molecule has 1 aromatic rings. The third-order valence-electron chi connectivity index (χ3n) is 3.70. The van der Waals surface area contributed by atoms with Crippen molar-refractivity contribution >= 4 is 12.1 Å². The predicted octanol–water partition coefficient (Wildman–Crippen LogP) is 3.50. The van der Waals surface area contributed by atoms with E-state index in [4.69, 9.17) is 9.84 Å². The van der Waals surface area contributed by atoms with Crippen LogP contribution in [0.15, 0.2) is 24.3 Å². The van der Waals surface area contributed by atoms with Gasteiger partial charge in [0.25, 0.3) is 0 Å². The van der Waals surface area contributed by atoms with Crippen LogP contribution in [0.3, 0.4) is 0 Å². The minimum atomic E-state index is -0.925. The topological polar surface area (TPSA) is 66.8 Å². The lowest BCUT2D eigenvalue weighted by molar-refractivity contribution is 0.0198. The molecule has 0 spiro atoms. The molecule has 1 atom stereocenters. The van der Waals surface area contributed by atoms with Crippen LogP contribution in [0.5, 0.6) is 0 Å². The molecule has 2 rings (SSSR count). The molecule has 1 amide bonds. The standard InChI is InChI=1S/C17H23NO4/c1-17(2,3)22-16(21)18-10-4-5-14(11-18)12-6-8-13(9-7-12)15(19)20/h6-9,14H,4-5,10-11H2,1-3H3,(H,19,20). The van der Waals surface area contributed by atoms with Crippen LogP contribution < -0.4 is 0 Å². The number of benzene rings is 1. The van der Waals surface area contributed by atoms with Gasteiger partial charge in [0.2, 0.25) is 0 Å². The van der Waals surface area contributed by atoms with Crippen molar-refractivity contribution < 1.29 is 19.4 Å². The lowest BCUT2D eigenvalue weighted by Crippen LogP contribution is -2.42. The summed E-state index contributed by atoms with van der Waals surface area (Å²) in [6, 6.07) is 6.91. The van der Waals surface area contributed by atoms with E-state index in [0.29, 0.717) is 13.1 Å². The zero-order valence-corrected chi connectivity index (χ0v) is 13.3. The van der Waals surface area contributed by atoms with Gasteiger partial charge >= 0.3 is 12.1 Å². The molecule has 1 saturated heterocycles. The number of likely N-dealkylation sites (tertiary alicyclic amines) is 1. The molecule has 1 fully saturated rings. The van der Waals surface area contributed by atoms with Crippen molar-refractivity contribution in [3.8, 4) is 0 Å². The second-order valence-corrected chi connectivity index (χ2v) is 6.69. The second kappa shape index (κ2) is 6.38. The Morgan fingerprint density at radius 2 is 1.86 bits per heavy atom. The van der Waals surface area contributed by atoms with E-state index in [1.165, 1.54) is 0 Å². The number of carboxylic acids is 1. The highest BCUT2D eigenvalue weighted by molar-refractivity contribution is 5.87. The Kier molecular flexibility index (Phi) is 4.74. The Morgan fingerprint density at radius 3 is 2.41 bits per heavy atom. The molecule has 0 aromatic heterocycles. The first-order valence-electron chi connectivity index (χ1n) is 7.57. The van der Waals surface area contributed by atoms with Crippen LogP contribution in [0.25, 0.3) is 0 Å². The minimum Gasteiger partial charge on any atom is -0.478 e. The molecule has 0 radical (unpaired) electrons. The first-order chi connectivity index (χ1) is 10.3. The highest BCUT2D eigenvalue weighted by Crippen LogP contribution is 2.28. The third-order valence-corrected chi connectivity index (χ3v) is 3.70. The molecule has 1 aliphatic heterocycles. The summed E-state index contributed by atoms with van der Waals surface area (Å²) in [6.07, 6.45) is 1.63. The molecular formula is C17H23NO4. The Labute approximate surface area is 130 Å². The molecule has 5 heteroatoms. The minimum absolute atomic E-state index is 0.226. The zero-order chi connectivity index (χ0) is 16.3. The van der Waals surface area contributed by atoms with E-state index in [2.05, 4.69) is 0 Å². The van der Waals surface area contributed by atoms with Crippen LogP contribution in [0.1, 0.15) is 55.5 Å². The molecular weight excluding hydrogens is 282 g/mol. The van der Waals surface area contributed by atoms with Crippen LogP contribution in [0.4, 0.5) is 4.79 Å². The number of carbonyl (C=O) groups is 2. The van der Waals surface area contributed by atoms with Crippen molar-refractivity contribution in [1.29, 1.82) is 0 Å². The maximum atomic E-state index is 12.2. The molecule has 1 heterocycles. The van der Waals surface area contributed by atoms with E-state index >= 15 is 0 Å². The molecule has 1 aromatic carbocycles. The fraction of sp³-hybridized carbons (Fsp3) is 0.529. The quantitative estimate of drug-likeness (QED) is 0.908. The normalized spacial score (nSPS) is 18.9. The summed E-state index contributed by atoms with van der Waals surface area (Å²) in [5.74, 6) is -0.699.